The van der Waals surface area contributed by atoms with E-state index >= 15 is 0 Å². The van der Waals surface area contributed by atoms with E-state index in [9.17, 15) is 14.4 Å². The van der Waals surface area contributed by atoms with Crippen LogP contribution in [0.2, 0.25) is 5.02 Å². The normalized spacial score (nSPS) is 13.8. The number of rotatable bonds is 6. The van der Waals surface area contributed by atoms with Crippen molar-refractivity contribution in [3.8, 4) is 0 Å². The van der Waals surface area contributed by atoms with Gasteiger partial charge in [0, 0.05) is 12.3 Å². The first-order valence-electron chi connectivity index (χ1n) is 6.68. The van der Waals surface area contributed by atoms with E-state index in [2.05, 4.69) is 5.32 Å². The molecule has 0 saturated heterocycles. The number of carboxylic acids is 1. The summed E-state index contributed by atoms with van der Waals surface area (Å²) in [6, 6.07) is 0.930. The predicted octanol–water partition coefficient (Wildman–Crippen LogP) is 1.68. The Labute approximate surface area is 127 Å². The summed E-state index contributed by atoms with van der Waals surface area (Å²) in [4.78, 5) is 35.3. The largest absolute Gasteiger partial charge is 0.480 e. The zero-order valence-electron chi connectivity index (χ0n) is 12.2. The fourth-order valence-corrected chi connectivity index (χ4v) is 2.21. The fourth-order valence-electron chi connectivity index (χ4n) is 2.04. The van der Waals surface area contributed by atoms with Crippen LogP contribution in [-0.4, -0.2) is 27.6 Å². The number of nitrogens with zero attached hydrogens (tertiary/aromatic N) is 1. The molecule has 0 radical (unpaired) electrons. The van der Waals surface area contributed by atoms with Gasteiger partial charge in [-0.25, -0.2) is 4.79 Å². The summed E-state index contributed by atoms with van der Waals surface area (Å²) in [5.74, 6) is -1.82. The highest BCUT2D eigenvalue weighted by Crippen LogP contribution is 2.18. The highest BCUT2D eigenvalue weighted by molar-refractivity contribution is 6.30. The number of carboxylic acid groups (broad SMARTS) is 1. The maximum atomic E-state index is 12.3. The van der Waals surface area contributed by atoms with E-state index < -0.39 is 24.0 Å². The second kappa shape index (κ2) is 7.26. The summed E-state index contributed by atoms with van der Waals surface area (Å²) < 4.78 is 1.23. The molecule has 6 nitrogen and oxygen atoms in total. The van der Waals surface area contributed by atoms with Crippen LogP contribution in [0.25, 0.3) is 0 Å². The molecule has 0 fully saturated rings. The van der Waals surface area contributed by atoms with Crippen molar-refractivity contribution in [1.82, 2.24) is 9.88 Å². The minimum atomic E-state index is -1.10. The second-order valence-corrected chi connectivity index (χ2v) is 5.53. The number of aromatic nitrogens is 1. The molecule has 1 aromatic heterocycles. The van der Waals surface area contributed by atoms with Crippen molar-refractivity contribution in [2.45, 2.75) is 39.3 Å². The molecular formula is C14H19ClN2O4. The molecule has 0 spiro atoms. The van der Waals surface area contributed by atoms with Crippen LogP contribution in [0.4, 0.5) is 0 Å². The van der Waals surface area contributed by atoms with E-state index in [-0.39, 0.29) is 17.9 Å². The van der Waals surface area contributed by atoms with Gasteiger partial charge in [-0.2, -0.15) is 0 Å². The third-order valence-electron chi connectivity index (χ3n) is 3.12. The van der Waals surface area contributed by atoms with Gasteiger partial charge >= 0.3 is 5.97 Å². The van der Waals surface area contributed by atoms with Crippen molar-refractivity contribution in [1.29, 1.82) is 0 Å². The van der Waals surface area contributed by atoms with E-state index in [4.69, 9.17) is 16.7 Å². The van der Waals surface area contributed by atoms with Gasteiger partial charge in [-0.15, -0.1) is 0 Å². The Balaban J connectivity index is 3.12. The smallest absolute Gasteiger partial charge is 0.326 e. The predicted molar refractivity (Wildman–Crippen MR) is 79.4 cm³/mol. The number of pyridine rings is 1. The number of amides is 1. The molecule has 7 heteroatoms. The zero-order chi connectivity index (χ0) is 16.2. The monoisotopic (exact) mass is 314 g/mol. The van der Waals surface area contributed by atoms with Crippen molar-refractivity contribution >= 4 is 23.5 Å². The summed E-state index contributed by atoms with van der Waals surface area (Å²) in [5.41, 5.74) is -0.364. The molecule has 1 rings (SSSR count). The Morgan fingerprint density at radius 2 is 2.00 bits per heavy atom. The molecule has 116 valence electrons. The van der Waals surface area contributed by atoms with Crippen LogP contribution in [0.5, 0.6) is 0 Å². The lowest BCUT2D eigenvalue weighted by atomic mass is 10.0. The van der Waals surface area contributed by atoms with E-state index in [1.54, 1.807) is 20.8 Å². The van der Waals surface area contributed by atoms with Crippen molar-refractivity contribution in [2.75, 3.05) is 0 Å². The standard InChI is InChI=1S/C14H19ClN2O4/c1-4-10(14(20)21)16-13(19)12(8(2)3)17-7-9(15)5-6-11(17)18/h5-8,10,12H,4H2,1-3H3,(H,16,19)(H,20,21). The molecule has 1 amide bonds. The van der Waals surface area contributed by atoms with Crippen LogP contribution < -0.4 is 10.9 Å². The average Bonchev–Trinajstić information content (AvgIpc) is 2.39. The van der Waals surface area contributed by atoms with E-state index in [1.807, 2.05) is 0 Å². The van der Waals surface area contributed by atoms with Crippen LogP contribution in [0.1, 0.15) is 33.2 Å². The molecule has 2 atom stereocenters. The lowest BCUT2D eigenvalue weighted by Gasteiger charge is -2.24. The number of halogens is 1. The third-order valence-corrected chi connectivity index (χ3v) is 3.35. The molecule has 21 heavy (non-hydrogen) atoms. The van der Waals surface area contributed by atoms with Gasteiger partial charge in [0.25, 0.3) is 5.56 Å². The van der Waals surface area contributed by atoms with Crippen LogP contribution >= 0.6 is 11.6 Å². The number of aliphatic carboxylic acids is 1. The van der Waals surface area contributed by atoms with Crippen LogP contribution in [0, 0.1) is 5.92 Å². The van der Waals surface area contributed by atoms with E-state index in [0.29, 0.717) is 5.02 Å². The first-order valence-corrected chi connectivity index (χ1v) is 7.06. The van der Waals surface area contributed by atoms with Gasteiger partial charge in [0.15, 0.2) is 0 Å². The van der Waals surface area contributed by atoms with Crippen molar-refractivity contribution < 1.29 is 14.7 Å². The Hall–Kier alpha value is -1.82. The topological polar surface area (TPSA) is 88.4 Å². The Bertz CT molecular complexity index is 583. The maximum absolute atomic E-state index is 12.3. The van der Waals surface area contributed by atoms with Gasteiger partial charge in [-0.05, 0) is 18.4 Å². The molecule has 2 unspecified atom stereocenters. The Morgan fingerprint density at radius 1 is 1.38 bits per heavy atom. The maximum Gasteiger partial charge on any atom is 0.326 e. The average molecular weight is 315 g/mol. The van der Waals surface area contributed by atoms with Gasteiger partial charge in [-0.3, -0.25) is 9.59 Å². The fraction of sp³-hybridized carbons (Fsp3) is 0.500. The minimum Gasteiger partial charge on any atom is -0.480 e. The van der Waals surface area contributed by atoms with E-state index in [0.717, 1.165) is 0 Å². The first-order chi connectivity index (χ1) is 9.77. The van der Waals surface area contributed by atoms with Crippen molar-refractivity contribution in [3.05, 3.63) is 33.7 Å². The number of nitrogens with one attached hydrogen (secondary N) is 1. The lowest BCUT2D eigenvalue weighted by Crippen LogP contribution is -2.46. The van der Waals surface area contributed by atoms with Gasteiger partial charge in [-0.1, -0.05) is 32.4 Å². The quantitative estimate of drug-likeness (QED) is 0.836. The van der Waals surface area contributed by atoms with E-state index in [1.165, 1.54) is 22.9 Å². The Morgan fingerprint density at radius 3 is 2.48 bits per heavy atom. The Kier molecular flexibility index (Phi) is 5.96. The van der Waals surface area contributed by atoms with Gasteiger partial charge in [0.05, 0.1) is 5.02 Å². The number of carbonyl (C=O) groups is 2. The van der Waals surface area contributed by atoms with Crippen LogP contribution in [0.15, 0.2) is 23.1 Å². The number of carbonyl (C=O) groups excluding carboxylic acids is 1. The third kappa shape index (κ3) is 4.32. The first kappa shape index (κ1) is 17.2. The highest BCUT2D eigenvalue weighted by Gasteiger charge is 2.28. The summed E-state index contributed by atoms with van der Waals surface area (Å²) in [6.45, 7) is 5.22. The van der Waals surface area contributed by atoms with Crippen LogP contribution in [0.3, 0.4) is 0 Å². The molecule has 0 aromatic carbocycles. The number of hydrogen-bond donors (Lipinski definition) is 2. The number of hydrogen-bond acceptors (Lipinski definition) is 3. The highest BCUT2D eigenvalue weighted by atomic mass is 35.5. The summed E-state index contributed by atoms with van der Waals surface area (Å²) in [7, 11) is 0. The van der Waals surface area contributed by atoms with Gasteiger partial charge < -0.3 is 15.0 Å². The molecule has 0 aliphatic rings. The molecule has 0 aliphatic heterocycles. The second-order valence-electron chi connectivity index (χ2n) is 5.09. The molecule has 1 aromatic rings. The molecule has 0 bridgehead atoms. The van der Waals surface area contributed by atoms with Gasteiger partial charge in [0.2, 0.25) is 5.91 Å². The molecule has 0 saturated carbocycles. The lowest BCUT2D eigenvalue weighted by molar-refractivity contribution is -0.142. The molecule has 2 N–H and O–H groups in total. The molecular weight excluding hydrogens is 296 g/mol. The summed E-state index contributed by atoms with van der Waals surface area (Å²) in [6.07, 6.45) is 1.65. The SMILES string of the molecule is CCC(NC(=O)C(C(C)C)n1cc(Cl)ccc1=O)C(=O)O. The zero-order valence-corrected chi connectivity index (χ0v) is 12.9. The van der Waals surface area contributed by atoms with Crippen molar-refractivity contribution in [2.24, 2.45) is 5.92 Å². The summed E-state index contributed by atoms with van der Waals surface area (Å²) >= 11 is 5.87. The molecule has 0 aliphatic carbocycles. The minimum absolute atomic E-state index is 0.201. The molecule has 1 heterocycles. The van der Waals surface area contributed by atoms with Crippen molar-refractivity contribution in [3.63, 3.8) is 0 Å². The van der Waals surface area contributed by atoms with Crippen LogP contribution in [-0.2, 0) is 9.59 Å². The summed E-state index contributed by atoms with van der Waals surface area (Å²) in [5, 5.41) is 11.8. The van der Waals surface area contributed by atoms with Gasteiger partial charge in [0.1, 0.15) is 12.1 Å².